The number of nitrogens with one attached hydrogen (secondary N) is 1. The number of hydrogen-bond donors (Lipinski definition) is 2. The Morgan fingerprint density at radius 3 is 2.43 bits per heavy atom. The number of benzene rings is 1. The molecule has 2 rings (SSSR count). The zero-order valence-corrected chi connectivity index (χ0v) is 12.1. The van der Waals surface area contributed by atoms with E-state index in [0.29, 0.717) is 6.54 Å². The first-order chi connectivity index (χ1) is 9.99. The van der Waals surface area contributed by atoms with Crippen LogP contribution in [0.3, 0.4) is 0 Å². The maximum atomic E-state index is 11.9. The number of hydrazine groups is 1. The van der Waals surface area contributed by atoms with Gasteiger partial charge >= 0.3 is 5.69 Å². The van der Waals surface area contributed by atoms with Crippen molar-refractivity contribution in [3.8, 4) is 0 Å². The van der Waals surface area contributed by atoms with Crippen LogP contribution in [0.4, 0.5) is 0 Å². The second-order valence-electron chi connectivity index (χ2n) is 4.97. The minimum Gasteiger partial charge on any atom is -0.294 e. The molecular weight excluding hydrogens is 268 g/mol. The van der Waals surface area contributed by atoms with Crippen molar-refractivity contribution in [1.82, 2.24) is 15.0 Å². The fraction of sp³-hybridized carbons (Fsp3) is 0.267. The number of carbonyl (C=O) groups excluding carboxylic acids is 1. The summed E-state index contributed by atoms with van der Waals surface area (Å²) in [5.41, 5.74) is 5.28. The summed E-state index contributed by atoms with van der Waals surface area (Å²) < 4.78 is 1.62. The summed E-state index contributed by atoms with van der Waals surface area (Å²) in [6, 6.07) is 9.37. The van der Waals surface area contributed by atoms with Crippen LogP contribution in [0.5, 0.6) is 0 Å². The zero-order valence-electron chi connectivity index (χ0n) is 12.1. The Morgan fingerprint density at radius 1 is 1.24 bits per heavy atom. The van der Waals surface area contributed by atoms with E-state index in [2.05, 4.69) is 10.4 Å². The molecule has 21 heavy (non-hydrogen) atoms. The predicted molar refractivity (Wildman–Crippen MR) is 79.5 cm³/mol. The lowest BCUT2D eigenvalue weighted by molar-refractivity contribution is -0.120. The monoisotopic (exact) mass is 286 g/mol. The summed E-state index contributed by atoms with van der Waals surface area (Å²) in [6.07, 6.45) is 0.238. The van der Waals surface area contributed by atoms with Gasteiger partial charge in [-0.3, -0.25) is 14.8 Å². The fourth-order valence-electron chi connectivity index (χ4n) is 2.15. The van der Waals surface area contributed by atoms with Gasteiger partial charge < -0.3 is 0 Å². The third kappa shape index (κ3) is 3.76. The lowest BCUT2D eigenvalue weighted by Gasteiger charge is -2.10. The largest absolute Gasteiger partial charge is 0.348 e. The van der Waals surface area contributed by atoms with Crippen LogP contribution in [0.1, 0.15) is 22.5 Å². The van der Waals surface area contributed by atoms with Crippen molar-refractivity contribution >= 4 is 5.91 Å². The van der Waals surface area contributed by atoms with Crippen LogP contribution < -0.4 is 17.0 Å². The number of carbonyl (C=O) groups is 1. The molecule has 0 saturated carbocycles. The molecular formula is C15H18N4O2. The number of aromatic nitrogens is 2. The number of amides is 1. The first-order valence-corrected chi connectivity index (χ1v) is 6.62. The Hall–Kier alpha value is -2.47. The van der Waals surface area contributed by atoms with Crippen LogP contribution in [0.15, 0.2) is 35.1 Å². The van der Waals surface area contributed by atoms with E-state index in [1.54, 1.807) is 11.5 Å². The van der Waals surface area contributed by atoms with Crippen molar-refractivity contribution in [2.24, 2.45) is 5.84 Å². The molecule has 0 unspecified atom stereocenters. The van der Waals surface area contributed by atoms with E-state index in [1.807, 2.05) is 37.3 Å². The maximum Gasteiger partial charge on any atom is 0.348 e. The molecule has 0 aliphatic rings. The summed E-state index contributed by atoms with van der Waals surface area (Å²) in [7, 11) is 0. The van der Waals surface area contributed by atoms with Gasteiger partial charge in [-0.1, -0.05) is 24.3 Å². The summed E-state index contributed by atoms with van der Waals surface area (Å²) in [4.78, 5) is 27.0. The first-order valence-electron chi connectivity index (χ1n) is 6.62. The number of nitrogens with two attached hydrogens (primary N) is 1. The van der Waals surface area contributed by atoms with Crippen LogP contribution in [0.2, 0.25) is 0 Å². The van der Waals surface area contributed by atoms with Crippen LogP contribution in [-0.4, -0.2) is 15.5 Å². The molecule has 6 heteroatoms. The number of rotatable bonds is 4. The number of nitrogens with zero attached hydrogens (tertiary/aromatic N) is 2. The maximum absolute atomic E-state index is 11.9. The fourth-order valence-corrected chi connectivity index (χ4v) is 2.15. The molecule has 6 nitrogen and oxygen atoms in total. The van der Waals surface area contributed by atoms with Crippen molar-refractivity contribution in [3.05, 3.63) is 63.3 Å². The minimum absolute atomic E-state index is 0.238. The molecule has 0 atom stereocenters. The molecule has 1 aromatic heterocycles. The lowest BCUT2D eigenvalue weighted by atomic mass is 10.1. The van der Waals surface area contributed by atoms with Crippen molar-refractivity contribution < 1.29 is 4.79 Å². The summed E-state index contributed by atoms with van der Waals surface area (Å²) in [6.45, 7) is 4.15. The van der Waals surface area contributed by atoms with Crippen LogP contribution in [0.25, 0.3) is 0 Å². The van der Waals surface area contributed by atoms with E-state index >= 15 is 0 Å². The topological polar surface area (TPSA) is 90.0 Å². The predicted octanol–water partition coefficient (Wildman–Crippen LogP) is 0.441. The molecule has 0 fully saturated rings. The smallest absolute Gasteiger partial charge is 0.294 e. The highest BCUT2D eigenvalue weighted by molar-refractivity contribution is 5.77. The van der Waals surface area contributed by atoms with Gasteiger partial charge in [0.15, 0.2) is 0 Å². The van der Waals surface area contributed by atoms with Crippen LogP contribution >= 0.6 is 0 Å². The van der Waals surface area contributed by atoms with Gasteiger partial charge in [0, 0.05) is 11.4 Å². The second-order valence-corrected chi connectivity index (χ2v) is 4.97. The van der Waals surface area contributed by atoms with E-state index in [1.165, 1.54) is 0 Å². The van der Waals surface area contributed by atoms with E-state index in [0.717, 1.165) is 22.5 Å². The van der Waals surface area contributed by atoms with Crippen LogP contribution in [0, 0.1) is 13.8 Å². The zero-order chi connectivity index (χ0) is 15.4. The van der Waals surface area contributed by atoms with E-state index < -0.39 is 0 Å². The van der Waals surface area contributed by atoms with Gasteiger partial charge in [-0.2, -0.15) is 4.98 Å². The van der Waals surface area contributed by atoms with Gasteiger partial charge in [-0.15, -0.1) is 0 Å². The Kier molecular flexibility index (Phi) is 4.49. The summed E-state index contributed by atoms with van der Waals surface area (Å²) in [5.74, 6) is 4.81. The van der Waals surface area contributed by atoms with Crippen molar-refractivity contribution in [2.45, 2.75) is 26.8 Å². The Balaban J connectivity index is 2.18. The van der Waals surface area contributed by atoms with Crippen molar-refractivity contribution in [3.63, 3.8) is 0 Å². The van der Waals surface area contributed by atoms with Gasteiger partial charge in [-0.25, -0.2) is 10.6 Å². The van der Waals surface area contributed by atoms with Gasteiger partial charge in [0.05, 0.1) is 13.0 Å². The summed E-state index contributed by atoms with van der Waals surface area (Å²) >= 11 is 0. The molecule has 110 valence electrons. The lowest BCUT2D eigenvalue weighted by Crippen LogP contribution is -2.31. The average Bonchev–Trinajstić information content (AvgIpc) is 2.44. The second kappa shape index (κ2) is 6.32. The highest BCUT2D eigenvalue weighted by atomic mass is 16.2. The Labute approximate surface area is 122 Å². The third-order valence-electron chi connectivity index (χ3n) is 3.24. The Bertz CT molecular complexity index is 705. The molecule has 0 aliphatic carbocycles. The first kappa shape index (κ1) is 14.9. The normalized spacial score (nSPS) is 10.4. The molecule has 2 aromatic rings. The molecule has 0 radical (unpaired) electrons. The van der Waals surface area contributed by atoms with E-state index in [-0.39, 0.29) is 18.0 Å². The van der Waals surface area contributed by atoms with Crippen LogP contribution in [-0.2, 0) is 17.8 Å². The highest BCUT2D eigenvalue weighted by Crippen LogP contribution is 2.08. The molecule has 0 spiro atoms. The van der Waals surface area contributed by atoms with Gasteiger partial charge in [0.2, 0.25) is 5.91 Å². The molecule has 0 saturated heterocycles. The van der Waals surface area contributed by atoms with Crippen molar-refractivity contribution in [1.29, 1.82) is 0 Å². The summed E-state index contributed by atoms with van der Waals surface area (Å²) in [5, 5.41) is 0. The van der Waals surface area contributed by atoms with E-state index in [4.69, 9.17) is 5.84 Å². The molecule has 0 aliphatic heterocycles. The molecule has 0 bridgehead atoms. The highest BCUT2D eigenvalue weighted by Gasteiger charge is 2.05. The SMILES string of the molecule is Cc1cc(C)n(Cc2ccc(CC(=O)NN)cc2)c(=O)n1. The Morgan fingerprint density at radius 2 is 1.86 bits per heavy atom. The number of hydrogen-bond acceptors (Lipinski definition) is 4. The molecule has 1 heterocycles. The van der Waals surface area contributed by atoms with Crippen molar-refractivity contribution in [2.75, 3.05) is 0 Å². The van der Waals surface area contributed by atoms with Gasteiger partial charge in [-0.05, 0) is 31.0 Å². The minimum atomic E-state index is -0.251. The van der Waals surface area contributed by atoms with Gasteiger partial charge in [0.25, 0.3) is 0 Å². The molecule has 1 aromatic carbocycles. The number of aryl methyl sites for hydroxylation is 2. The third-order valence-corrected chi connectivity index (χ3v) is 3.24. The molecule has 3 N–H and O–H groups in total. The average molecular weight is 286 g/mol. The van der Waals surface area contributed by atoms with Gasteiger partial charge in [0.1, 0.15) is 0 Å². The quantitative estimate of drug-likeness (QED) is 0.485. The molecule has 1 amide bonds. The standard InChI is InChI=1S/C15H18N4O2/c1-10-7-11(2)19(15(21)17-10)9-13-5-3-12(4-6-13)8-14(20)18-16/h3-7H,8-9,16H2,1-2H3,(H,18,20). The van der Waals surface area contributed by atoms with E-state index in [9.17, 15) is 9.59 Å².